The summed E-state index contributed by atoms with van der Waals surface area (Å²) in [4.78, 5) is 19.0. The SMILES string of the molecule is COC(=O)c1cnc(Nc2ccc(F)cc2)cn1. The highest BCUT2D eigenvalue weighted by Gasteiger charge is 2.07. The molecule has 0 fully saturated rings. The van der Waals surface area contributed by atoms with Crippen molar-refractivity contribution in [2.24, 2.45) is 0 Å². The second-order valence-corrected chi connectivity index (χ2v) is 3.41. The number of hydrogen-bond acceptors (Lipinski definition) is 5. The minimum atomic E-state index is -0.546. The van der Waals surface area contributed by atoms with Crippen molar-refractivity contribution >= 4 is 17.5 Å². The third-order valence-corrected chi connectivity index (χ3v) is 2.16. The van der Waals surface area contributed by atoms with E-state index in [0.717, 1.165) is 0 Å². The summed E-state index contributed by atoms with van der Waals surface area (Å²) in [5, 5.41) is 2.92. The van der Waals surface area contributed by atoms with E-state index in [-0.39, 0.29) is 11.5 Å². The number of nitrogens with one attached hydrogen (secondary N) is 1. The Balaban J connectivity index is 2.10. The maximum absolute atomic E-state index is 12.7. The molecule has 0 saturated heterocycles. The van der Waals surface area contributed by atoms with Crippen LogP contribution in [0, 0.1) is 5.82 Å². The van der Waals surface area contributed by atoms with Crippen LogP contribution in [-0.4, -0.2) is 23.0 Å². The second kappa shape index (κ2) is 5.22. The zero-order valence-electron chi connectivity index (χ0n) is 9.55. The van der Waals surface area contributed by atoms with E-state index in [4.69, 9.17) is 0 Å². The third-order valence-electron chi connectivity index (χ3n) is 2.16. The van der Waals surface area contributed by atoms with E-state index in [2.05, 4.69) is 20.0 Å². The summed E-state index contributed by atoms with van der Waals surface area (Å²) in [6.07, 6.45) is 2.70. The predicted octanol–water partition coefficient (Wildman–Crippen LogP) is 2.15. The van der Waals surface area contributed by atoms with Crippen LogP contribution in [0.3, 0.4) is 0 Å². The lowest BCUT2D eigenvalue weighted by atomic mass is 10.3. The highest BCUT2D eigenvalue weighted by molar-refractivity contribution is 5.86. The normalized spacial score (nSPS) is 9.89. The molecule has 0 radical (unpaired) electrons. The number of methoxy groups -OCH3 is 1. The third kappa shape index (κ3) is 2.79. The Labute approximate surface area is 103 Å². The first kappa shape index (κ1) is 12.0. The van der Waals surface area contributed by atoms with Crippen LogP contribution in [-0.2, 0) is 4.74 Å². The van der Waals surface area contributed by atoms with Gasteiger partial charge in [-0.3, -0.25) is 0 Å². The summed E-state index contributed by atoms with van der Waals surface area (Å²) >= 11 is 0. The fourth-order valence-corrected chi connectivity index (χ4v) is 1.28. The number of nitrogens with zero attached hydrogens (tertiary/aromatic N) is 2. The summed E-state index contributed by atoms with van der Waals surface area (Å²) in [5.74, 6) is -0.405. The molecule has 1 aromatic heterocycles. The molecule has 0 amide bonds. The van der Waals surface area contributed by atoms with Crippen molar-refractivity contribution < 1.29 is 13.9 Å². The average molecular weight is 247 g/mol. The van der Waals surface area contributed by atoms with Crippen molar-refractivity contribution in [3.8, 4) is 0 Å². The average Bonchev–Trinajstić information content (AvgIpc) is 2.41. The number of rotatable bonds is 3. The van der Waals surface area contributed by atoms with Crippen molar-refractivity contribution in [3.05, 3.63) is 48.2 Å². The molecule has 0 saturated carbocycles. The van der Waals surface area contributed by atoms with Gasteiger partial charge in [-0.25, -0.2) is 19.2 Å². The van der Waals surface area contributed by atoms with Crippen molar-refractivity contribution in [1.29, 1.82) is 0 Å². The van der Waals surface area contributed by atoms with E-state index in [1.807, 2.05) is 0 Å². The van der Waals surface area contributed by atoms with Gasteiger partial charge in [0.05, 0.1) is 19.5 Å². The minimum Gasteiger partial charge on any atom is -0.464 e. The second-order valence-electron chi connectivity index (χ2n) is 3.41. The van der Waals surface area contributed by atoms with Gasteiger partial charge in [-0.1, -0.05) is 0 Å². The van der Waals surface area contributed by atoms with E-state index >= 15 is 0 Å². The Morgan fingerprint density at radius 3 is 2.50 bits per heavy atom. The largest absolute Gasteiger partial charge is 0.464 e. The maximum Gasteiger partial charge on any atom is 0.358 e. The molecular formula is C12H10FN3O2. The molecule has 0 spiro atoms. The van der Waals surface area contributed by atoms with Crippen molar-refractivity contribution in [1.82, 2.24) is 9.97 Å². The molecule has 92 valence electrons. The molecule has 0 aliphatic heterocycles. The highest BCUT2D eigenvalue weighted by atomic mass is 19.1. The molecule has 0 atom stereocenters. The van der Waals surface area contributed by atoms with Gasteiger partial charge in [0.2, 0.25) is 0 Å². The molecule has 2 aromatic rings. The number of aromatic nitrogens is 2. The molecule has 6 heteroatoms. The summed E-state index contributed by atoms with van der Waals surface area (Å²) < 4.78 is 17.2. The van der Waals surface area contributed by atoms with E-state index in [1.54, 1.807) is 12.1 Å². The molecule has 18 heavy (non-hydrogen) atoms. The van der Waals surface area contributed by atoms with Gasteiger partial charge >= 0.3 is 5.97 Å². The van der Waals surface area contributed by atoms with Gasteiger partial charge in [0.15, 0.2) is 5.69 Å². The molecule has 0 bridgehead atoms. The van der Waals surface area contributed by atoms with Gasteiger partial charge in [0.25, 0.3) is 0 Å². The van der Waals surface area contributed by atoms with Crippen LogP contribution in [0.15, 0.2) is 36.7 Å². The number of benzene rings is 1. The molecule has 5 nitrogen and oxygen atoms in total. The topological polar surface area (TPSA) is 64.1 Å². The molecular weight excluding hydrogens is 237 g/mol. The van der Waals surface area contributed by atoms with Crippen LogP contribution in [0.25, 0.3) is 0 Å². The van der Waals surface area contributed by atoms with E-state index < -0.39 is 5.97 Å². The zero-order chi connectivity index (χ0) is 13.0. The lowest BCUT2D eigenvalue weighted by molar-refractivity contribution is 0.0593. The summed E-state index contributed by atoms with van der Waals surface area (Å²) in [7, 11) is 1.27. The fraction of sp³-hybridized carbons (Fsp3) is 0.0833. The first-order valence-corrected chi connectivity index (χ1v) is 5.12. The predicted molar refractivity (Wildman–Crippen MR) is 63.1 cm³/mol. The molecule has 1 heterocycles. The molecule has 1 aromatic carbocycles. The Kier molecular flexibility index (Phi) is 3.47. The molecule has 0 aliphatic carbocycles. The number of carbonyl (C=O) groups excluding carboxylic acids is 1. The molecule has 0 aliphatic rings. The minimum absolute atomic E-state index is 0.127. The summed E-state index contributed by atoms with van der Waals surface area (Å²) in [6, 6.07) is 5.81. The number of ether oxygens (including phenoxy) is 1. The van der Waals surface area contributed by atoms with Gasteiger partial charge in [0.1, 0.15) is 11.6 Å². The van der Waals surface area contributed by atoms with Crippen LogP contribution in [0.4, 0.5) is 15.9 Å². The first-order chi connectivity index (χ1) is 8.69. The van der Waals surface area contributed by atoms with E-state index in [1.165, 1.54) is 31.6 Å². The smallest absolute Gasteiger partial charge is 0.358 e. The van der Waals surface area contributed by atoms with Crippen LogP contribution >= 0.6 is 0 Å². The van der Waals surface area contributed by atoms with Crippen molar-refractivity contribution in [2.45, 2.75) is 0 Å². The monoisotopic (exact) mass is 247 g/mol. The Bertz CT molecular complexity index is 540. The zero-order valence-corrected chi connectivity index (χ0v) is 9.55. The quantitative estimate of drug-likeness (QED) is 0.842. The Morgan fingerprint density at radius 2 is 1.94 bits per heavy atom. The number of esters is 1. The van der Waals surface area contributed by atoms with Gasteiger partial charge in [-0.2, -0.15) is 0 Å². The van der Waals surface area contributed by atoms with Gasteiger partial charge in [-0.05, 0) is 24.3 Å². The summed E-state index contributed by atoms with van der Waals surface area (Å²) in [5.41, 5.74) is 0.804. The summed E-state index contributed by atoms with van der Waals surface area (Å²) in [6.45, 7) is 0. The number of halogens is 1. The van der Waals surface area contributed by atoms with Crippen LogP contribution in [0.5, 0.6) is 0 Å². The van der Waals surface area contributed by atoms with Crippen molar-refractivity contribution in [2.75, 3.05) is 12.4 Å². The molecule has 2 rings (SSSR count). The van der Waals surface area contributed by atoms with E-state index in [9.17, 15) is 9.18 Å². The van der Waals surface area contributed by atoms with Gasteiger partial charge in [-0.15, -0.1) is 0 Å². The Morgan fingerprint density at radius 1 is 1.22 bits per heavy atom. The van der Waals surface area contributed by atoms with Crippen molar-refractivity contribution in [3.63, 3.8) is 0 Å². The molecule has 0 unspecified atom stereocenters. The van der Waals surface area contributed by atoms with E-state index in [0.29, 0.717) is 11.5 Å². The molecule has 1 N–H and O–H groups in total. The van der Waals surface area contributed by atoms with Crippen LogP contribution in [0.2, 0.25) is 0 Å². The lowest BCUT2D eigenvalue weighted by Crippen LogP contribution is -2.05. The fourth-order valence-electron chi connectivity index (χ4n) is 1.28. The van der Waals surface area contributed by atoms with Gasteiger partial charge < -0.3 is 10.1 Å². The van der Waals surface area contributed by atoms with Crippen LogP contribution in [0.1, 0.15) is 10.5 Å². The Hall–Kier alpha value is -2.50. The standard InChI is InChI=1S/C12H10FN3O2/c1-18-12(17)10-6-15-11(7-14-10)16-9-4-2-8(13)3-5-9/h2-7H,1H3,(H,15,16). The number of hydrogen-bond donors (Lipinski definition) is 1. The number of carbonyl (C=O) groups is 1. The first-order valence-electron chi connectivity index (χ1n) is 5.12. The lowest BCUT2D eigenvalue weighted by Gasteiger charge is -2.05. The van der Waals surface area contributed by atoms with Gasteiger partial charge in [0, 0.05) is 5.69 Å². The van der Waals surface area contributed by atoms with Crippen LogP contribution < -0.4 is 5.32 Å². The number of anilines is 2. The maximum atomic E-state index is 12.7. The highest BCUT2D eigenvalue weighted by Crippen LogP contribution is 2.14.